The minimum atomic E-state index is -0.244. The van der Waals surface area contributed by atoms with Gasteiger partial charge >= 0.3 is 0 Å². The number of carbonyl (C=O) groups excluding carboxylic acids is 2. The van der Waals surface area contributed by atoms with Crippen molar-refractivity contribution in [3.8, 4) is 0 Å². The van der Waals surface area contributed by atoms with Crippen LogP contribution < -0.4 is 10.2 Å². The lowest BCUT2D eigenvalue weighted by Crippen LogP contribution is -2.49. The number of nitrogens with one attached hydrogen (secondary N) is 1. The molecule has 3 rings (SSSR count). The first kappa shape index (κ1) is 16.9. The number of rotatable bonds is 5. The summed E-state index contributed by atoms with van der Waals surface area (Å²) in [7, 11) is 0. The number of thiazole rings is 1. The lowest BCUT2D eigenvalue weighted by molar-refractivity contribution is -0.132. The van der Waals surface area contributed by atoms with Crippen LogP contribution in [0.5, 0.6) is 0 Å². The van der Waals surface area contributed by atoms with E-state index in [4.69, 9.17) is 0 Å². The summed E-state index contributed by atoms with van der Waals surface area (Å²) in [5.74, 6) is -0.0317. The minimum Gasteiger partial charge on any atom is -0.348 e. The van der Waals surface area contributed by atoms with Crippen LogP contribution in [-0.4, -0.2) is 47.9 Å². The number of carbonyl (C=O) groups is 2. The Bertz CT molecular complexity index is 664. The molecule has 1 fully saturated rings. The second kappa shape index (κ2) is 7.76. The molecular weight excluding hydrogens is 344 g/mol. The van der Waals surface area contributed by atoms with E-state index >= 15 is 0 Å². The zero-order valence-corrected chi connectivity index (χ0v) is 15.1. The van der Waals surface area contributed by atoms with Crippen molar-refractivity contribution >= 4 is 39.6 Å². The Labute approximate surface area is 149 Å². The highest BCUT2D eigenvalue weighted by molar-refractivity contribution is 7.13. The van der Waals surface area contributed by atoms with Gasteiger partial charge in [0.1, 0.15) is 0 Å². The number of thiophene rings is 1. The summed E-state index contributed by atoms with van der Waals surface area (Å²) < 4.78 is 0. The smallest absolute Gasteiger partial charge is 0.225 e. The average molecular weight is 364 g/mol. The molecule has 1 saturated heterocycles. The van der Waals surface area contributed by atoms with Crippen LogP contribution in [0.1, 0.15) is 24.3 Å². The summed E-state index contributed by atoms with van der Waals surface area (Å²) in [6, 6.07) is 3.65. The molecule has 128 valence electrons. The van der Waals surface area contributed by atoms with Crippen molar-refractivity contribution in [2.24, 2.45) is 0 Å². The van der Waals surface area contributed by atoms with Gasteiger partial charge in [-0.2, -0.15) is 0 Å². The molecule has 6 nitrogen and oxygen atoms in total. The molecular formula is C16H20N4O2S2. The van der Waals surface area contributed by atoms with Crippen molar-refractivity contribution < 1.29 is 9.59 Å². The molecule has 1 aliphatic rings. The van der Waals surface area contributed by atoms with Crippen molar-refractivity contribution in [3.63, 3.8) is 0 Å². The van der Waals surface area contributed by atoms with E-state index in [1.165, 1.54) is 6.92 Å². The van der Waals surface area contributed by atoms with Crippen LogP contribution in [0.2, 0.25) is 0 Å². The average Bonchev–Trinajstić information content (AvgIpc) is 3.27. The highest BCUT2D eigenvalue weighted by Crippen LogP contribution is 2.24. The SMILES string of the molecule is CC(=O)N[C@H](CC(=O)N1CCN(c2nccs2)CC1)c1cccs1. The number of amides is 2. The molecule has 1 aliphatic heterocycles. The summed E-state index contributed by atoms with van der Waals surface area (Å²) in [5.41, 5.74) is 0. The molecule has 1 atom stereocenters. The Balaban J connectivity index is 1.57. The fourth-order valence-corrected chi connectivity index (χ4v) is 4.26. The summed E-state index contributed by atoms with van der Waals surface area (Å²) in [6.45, 7) is 4.45. The van der Waals surface area contributed by atoms with Crippen LogP contribution in [0, 0.1) is 0 Å². The molecule has 0 bridgehead atoms. The molecule has 3 heterocycles. The Morgan fingerprint density at radius 3 is 2.62 bits per heavy atom. The molecule has 1 N–H and O–H groups in total. The van der Waals surface area contributed by atoms with E-state index in [-0.39, 0.29) is 17.9 Å². The first-order valence-corrected chi connectivity index (χ1v) is 9.62. The van der Waals surface area contributed by atoms with Gasteiger partial charge in [-0.15, -0.1) is 22.7 Å². The second-order valence-electron chi connectivity index (χ2n) is 5.66. The summed E-state index contributed by atoms with van der Waals surface area (Å²) >= 11 is 3.18. The second-order valence-corrected chi connectivity index (χ2v) is 7.51. The largest absolute Gasteiger partial charge is 0.348 e. The summed E-state index contributed by atoms with van der Waals surface area (Å²) in [5, 5.41) is 7.82. The minimum absolute atomic E-state index is 0.0842. The maximum absolute atomic E-state index is 12.6. The number of nitrogens with zero attached hydrogens (tertiary/aromatic N) is 3. The number of piperazine rings is 1. The van der Waals surface area contributed by atoms with E-state index in [1.54, 1.807) is 28.9 Å². The normalized spacial score (nSPS) is 16.0. The van der Waals surface area contributed by atoms with Gasteiger partial charge in [0.2, 0.25) is 11.8 Å². The zero-order chi connectivity index (χ0) is 16.9. The van der Waals surface area contributed by atoms with Crippen molar-refractivity contribution in [1.29, 1.82) is 0 Å². The first-order chi connectivity index (χ1) is 11.6. The molecule has 8 heteroatoms. The van der Waals surface area contributed by atoms with Gasteiger partial charge in [0.15, 0.2) is 5.13 Å². The third-order valence-electron chi connectivity index (χ3n) is 3.97. The van der Waals surface area contributed by atoms with Gasteiger partial charge in [-0.3, -0.25) is 9.59 Å². The number of aromatic nitrogens is 1. The van der Waals surface area contributed by atoms with E-state index in [2.05, 4.69) is 15.2 Å². The van der Waals surface area contributed by atoms with Gasteiger partial charge in [-0.1, -0.05) is 6.07 Å². The Kier molecular flexibility index (Phi) is 5.47. The molecule has 2 amide bonds. The van der Waals surface area contributed by atoms with Crippen molar-refractivity contribution in [1.82, 2.24) is 15.2 Å². The van der Waals surface area contributed by atoms with Gasteiger partial charge in [0.25, 0.3) is 0 Å². The van der Waals surface area contributed by atoms with Gasteiger partial charge in [0, 0.05) is 49.6 Å². The van der Waals surface area contributed by atoms with Crippen LogP contribution in [0.25, 0.3) is 0 Å². The maximum atomic E-state index is 12.6. The van der Waals surface area contributed by atoms with Gasteiger partial charge in [-0.25, -0.2) is 4.98 Å². The Morgan fingerprint density at radius 1 is 1.25 bits per heavy atom. The molecule has 0 aliphatic carbocycles. The fourth-order valence-electron chi connectivity index (χ4n) is 2.78. The molecule has 0 saturated carbocycles. The highest BCUT2D eigenvalue weighted by atomic mass is 32.1. The molecule has 2 aromatic heterocycles. The van der Waals surface area contributed by atoms with E-state index in [1.807, 2.05) is 27.8 Å². The third kappa shape index (κ3) is 4.12. The quantitative estimate of drug-likeness (QED) is 0.883. The van der Waals surface area contributed by atoms with E-state index < -0.39 is 0 Å². The van der Waals surface area contributed by atoms with Crippen LogP contribution in [0.15, 0.2) is 29.1 Å². The van der Waals surface area contributed by atoms with Crippen molar-refractivity contribution in [2.75, 3.05) is 31.1 Å². The molecule has 0 unspecified atom stereocenters. The first-order valence-electron chi connectivity index (χ1n) is 7.86. The summed E-state index contributed by atoms with van der Waals surface area (Å²) in [6.07, 6.45) is 2.11. The molecule has 0 aromatic carbocycles. The predicted octanol–water partition coefficient (Wildman–Crippen LogP) is 2.12. The number of hydrogen-bond acceptors (Lipinski definition) is 6. The van der Waals surface area contributed by atoms with Crippen LogP contribution in [0.3, 0.4) is 0 Å². The van der Waals surface area contributed by atoms with Gasteiger partial charge in [-0.05, 0) is 11.4 Å². The Hall–Kier alpha value is -1.93. The highest BCUT2D eigenvalue weighted by Gasteiger charge is 2.25. The topological polar surface area (TPSA) is 65.5 Å². The van der Waals surface area contributed by atoms with E-state index in [9.17, 15) is 9.59 Å². The van der Waals surface area contributed by atoms with Crippen molar-refractivity contribution in [2.45, 2.75) is 19.4 Å². The lowest BCUT2D eigenvalue weighted by atomic mass is 10.1. The summed E-state index contributed by atoms with van der Waals surface area (Å²) in [4.78, 5) is 33.5. The maximum Gasteiger partial charge on any atom is 0.225 e. The van der Waals surface area contributed by atoms with Crippen molar-refractivity contribution in [3.05, 3.63) is 34.0 Å². The standard InChI is InChI=1S/C16H20N4O2S2/c1-12(21)18-13(14-3-2-9-23-14)11-15(22)19-5-7-20(8-6-19)16-17-4-10-24-16/h2-4,9-10,13H,5-8,11H2,1H3,(H,18,21)/t13-/m1/s1. The van der Waals surface area contributed by atoms with E-state index in [0.29, 0.717) is 19.5 Å². The van der Waals surface area contributed by atoms with Gasteiger partial charge in [0.05, 0.1) is 12.5 Å². The Morgan fingerprint density at radius 2 is 2.04 bits per heavy atom. The number of anilines is 1. The van der Waals surface area contributed by atoms with Gasteiger partial charge < -0.3 is 15.1 Å². The number of hydrogen-bond donors (Lipinski definition) is 1. The fraction of sp³-hybridized carbons (Fsp3) is 0.438. The van der Waals surface area contributed by atoms with E-state index in [0.717, 1.165) is 23.1 Å². The van der Waals surface area contributed by atoms with Crippen LogP contribution in [-0.2, 0) is 9.59 Å². The molecule has 2 aromatic rings. The molecule has 24 heavy (non-hydrogen) atoms. The molecule has 0 spiro atoms. The van der Waals surface area contributed by atoms with Crippen LogP contribution >= 0.6 is 22.7 Å². The lowest BCUT2D eigenvalue weighted by Gasteiger charge is -2.35. The molecule has 0 radical (unpaired) electrons. The third-order valence-corrected chi connectivity index (χ3v) is 5.78. The zero-order valence-electron chi connectivity index (χ0n) is 13.5. The predicted molar refractivity (Wildman–Crippen MR) is 96.4 cm³/mol. The van der Waals surface area contributed by atoms with Crippen LogP contribution in [0.4, 0.5) is 5.13 Å². The monoisotopic (exact) mass is 364 g/mol.